The number of aliphatic imine (C=N–C) groups is 1. The molecule has 0 amide bonds. The van der Waals surface area contributed by atoms with Gasteiger partial charge in [-0.3, -0.25) is 4.99 Å². The van der Waals surface area contributed by atoms with Gasteiger partial charge < -0.3 is 24.8 Å². The molecule has 6 nitrogen and oxygen atoms in total. The Morgan fingerprint density at radius 1 is 0.923 bits per heavy atom. The van der Waals surface area contributed by atoms with E-state index >= 15 is 0 Å². The van der Waals surface area contributed by atoms with E-state index in [2.05, 4.69) is 27.8 Å². The summed E-state index contributed by atoms with van der Waals surface area (Å²) in [6.07, 6.45) is 0. The zero-order valence-electron chi connectivity index (χ0n) is 15.6. The molecule has 0 aromatic heterocycles. The molecule has 0 spiro atoms. The van der Waals surface area contributed by atoms with Gasteiger partial charge in [-0.2, -0.15) is 0 Å². The zero-order chi connectivity index (χ0) is 18.6. The van der Waals surface area contributed by atoms with Gasteiger partial charge in [0.2, 0.25) is 0 Å². The fourth-order valence-electron chi connectivity index (χ4n) is 2.44. The smallest absolute Gasteiger partial charge is 0.191 e. The van der Waals surface area contributed by atoms with Gasteiger partial charge in [-0.25, -0.2) is 0 Å². The standard InChI is InChI=1S/C20H27N3O3/c1-21-20(23-14-16-6-4-5-7-17(16)15-24-2)22-12-13-26-19-10-8-18(25-3)9-11-19/h4-11H,12-15H2,1-3H3,(H2,21,22,23). The number of rotatable bonds is 9. The molecule has 0 aliphatic carbocycles. The van der Waals surface area contributed by atoms with Crippen LogP contribution < -0.4 is 20.1 Å². The average molecular weight is 357 g/mol. The molecule has 2 N–H and O–H groups in total. The minimum atomic E-state index is 0.535. The number of benzene rings is 2. The maximum atomic E-state index is 5.70. The predicted octanol–water partition coefficient (Wildman–Crippen LogP) is 2.59. The Bertz CT molecular complexity index is 687. The molecule has 26 heavy (non-hydrogen) atoms. The minimum Gasteiger partial charge on any atom is -0.497 e. The third kappa shape index (κ3) is 6.29. The summed E-state index contributed by atoms with van der Waals surface area (Å²) in [5, 5.41) is 6.55. The van der Waals surface area contributed by atoms with E-state index < -0.39 is 0 Å². The fourth-order valence-corrected chi connectivity index (χ4v) is 2.44. The highest BCUT2D eigenvalue weighted by atomic mass is 16.5. The summed E-state index contributed by atoms with van der Waals surface area (Å²) in [6.45, 7) is 2.46. The highest BCUT2D eigenvalue weighted by Gasteiger charge is 2.03. The number of hydrogen-bond donors (Lipinski definition) is 2. The minimum absolute atomic E-state index is 0.535. The molecule has 0 radical (unpaired) electrons. The second-order valence-electron chi connectivity index (χ2n) is 5.58. The normalized spacial score (nSPS) is 11.1. The molecule has 0 aliphatic heterocycles. The van der Waals surface area contributed by atoms with Gasteiger partial charge in [0.15, 0.2) is 5.96 Å². The first-order valence-electron chi connectivity index (χ1n) is 8.54. The first-order valence-corrected chi connectivity index (χ1v) is 8.54. The molecular formula is C20H27N3O3. The number of nitrogens with one attached hydrogen (secondary N) is 2. The number of guanidine groups is 1. The van der Waals surface area contributed by atoms with Gasteiger partial charge in [0, 0.05) is 20.7 Å². The summed E-state index contributed by atoms with van der Waals surface area (Å²) in [5.74, 6) is 2.36. The SMILES string of the molecule is CN=C(NCCOc1ccc(OC)cc1)NCc1ccccc1COC. The Balaban J connectivity index is 1.74. The molecule has 6 heteroatoms. The van der Waals surface area contributed by atoms with E-state index in [0.29, 0.717) is 26.3 Å². The number of ether oxygens (including phenoxy) is 3. The van der Waals surface area contributed by atoms with Crippen LogP contribution in [0.3, 0.4) is 0 Å². The molecule has 0 heterocycles. The van der Waals surface area contributed by atoms with Crippen molar-refractivity contribution < 1.29 is 14.2 Å². The molecule has 2 aromatic rings. The van der Waals surface area contributed by atoms with Gasteiger partial charge in [0.25, 0.3) is 0 Å². The Morgan fingerprint density at radius 2 is 1.62 bits per heavy atom. The van der Waals surface area contributed by atoms with Crippen LogP contribution in [0.5, 0.6) is 11.5 Å². The Kier molecular flexibility index (Phi) is 8.29. The van der Waals surface area contributed by atoms with Crippen molar-refractivity contribution in [3.05, 3.63) is 59.7 Å². The summed E-state index contributed by atoms with van der Waals surface area (Å²) >= 11 is 0. The molecule has 0 saturated heterocycles. The predicted molar refractivity (Wildman–Crippen MR) is 104 cm³/mol. The van der Waals surface area contributed by atoms with Crippen molar-refractivity contribution in [3.63, 3.8) is 0 Å². The van der Waals surface area contributed by atoms with Crippen LogP contribution in [0.4, 0.5) is 0 Å². The first kappa shape index (κ1) is 19.6. The molecule has 0 aliphatic rings. The van der Waals surface area contributed by atoms with Crippen LogP contribution in [0.1, 0.15) is 11.1 Å². The maximum absolute atomic E-state index is 5.70. The van der Waals surface area contributed by atoms with Crippen LogP contribution in [0.25, 0.3) is 0 Å². The second-order valence-corrected chi connectivity index (χ2v) is 5.58. The van der Waals surface area contributed by atoms with E-state index in [4.69, 9.17) is 14.2 Å². The molecule has 0 fully saturated rings. The molecule has 0 bridgehead atoms. The number of methoxy groups -OCH3 is 2. The van der Waals surface area contributed by atoms with E-state index in [1.165, 1.54) is 11.1 Å². The lowest BCUT2D eigenvalue weighted by Crippen LogP contribution is -2.39. The Hall–Kier alpha value is -2.73. The molecule has 0 unspecified atom stereocenters. The zero-order valence-corrected chi connectivity index (χ0v) is 15.6. The molecule has 140 valence electrons. The van der Waals surface area contributed by atoms with E-state index in [1.54, 1.807) is 21.3 Å². The van der Waals surface area contributed by atoms with Crippen molar-refractivity contribution in [3.8, 4) is 11.5 Å². The summed E-state index contributed by atoms with van der Waals surface area (Å²) in [7, 11) is 5.10. The van der Waals surface area contributed by atoms with Crippen LogP contribution in [-0.4, -0.2) is 40.4 Å². The van der Waals surface area contributed by atoms with Crippen LogP contribution in [0.15, 0.2) is 53.5 Å². The summed E-state index contributed by atoms with van der Waals surface area (Å²) in [4.78, 5) is 4.24. The quantitative estimate of drug-likeness (QED) is 0.410. The molecule has 2 aromatic carbocycles. The van der Waals surface area contributed by atoms with Crippen molar-refractivity contribution >= 4 is 5.96 Å². The van der Waals surface area contributed by atoms with Crippen molar-refractivity contribution in [2.45, 2.75) is 13.2 Å². The van der Waals surface area contributed by atoms with E-state index in [9.17, 15) is 0 Å². The fraction of sp³-hybridized carbons (Fsp3) is 0.350. The van der Waals surface area contributed by atoms with Crippen LogP contribution in [0, 0.1) is 0 Å². The van der Waals surface area contributed by atoms with Crippen molar-refractivity contribution in [1.29, 1.82) is 0 Å². The monoisotopic (exact) mass is 357 g/mol. The maximum Gasteiger partial charge on any atom is 0.191 e. The van der Waals surface area contributed by atoms with E-state index in [1.807, 2.05) is 36.4 Å². The van der Waals surface area contributed by atoms with Crippen LogP contribution in [-0.2, 0) is 17.9 Å². The molecule has 0 saturated carbocycles. The average Bonchev–Trinajstić information content (AvgIpc) is 2.69. The lowest BCUT2D eigenvalue weighted by atomic mass is 10.1. The van der Waals surface area contributed by atoms with Gasteiger partial charge in [-0.1, -0.05) is 24.3 Å². The van der Waals surface area contributed by atoms with E-state index in [-0.39, 0.29) is 0 Å². The van der Waals surface area contributed by atoms with Crippen LogP contribution in [0.2, 0.25) is 0 Å². The van der Waals surface area contributed by atoms with E-state index in [0.717, 1.165) is 17.5 Å². The van der Waals surface area contributed by atoms with Crippen LogP contribution >= 0.6 is 0 Å². The third-order valence-corrected chi connectivity index (χ3v) is 3.81. The largest absolute Gasteiger partial charge is 0.497 e. The van der Waals surface area contributed by atoms with Gasteiger partial charge in [0.1, 0.15) is 18.1 Å². The lowest BCUT2D eigenvalue weighted by Gasteiger charge is -2.14. The first-order chi connectivity index (χ1) is 12.8. The lowest BCUT2D eigenvalue weighted by molar-refractivity contribution is 0.184. The highest BCUT2D eigenvalue weighted by molar-refractivity contribution is 5.79. The number of hydrogen-bond acceptors (Lipinski definition) is 4. The van der Waals surface area contributed by atoms with Crippen molar-refractivity contribution in [1.82, 2.24) is 10.6 Å². The molecule has 0 atom stereocenters. The van der Waals surface area contributed by atoms with Gasteiger partial charge in [-0.15, -0.1) is 0 Å². The van der Waals surface area contributed by atoms with Crippen molar-refractivity contribution in [2.24, 2.45) is 4.99 Å². The van der Waals surface area contributed by atoms with Gasteiger partial charge >= 0.3 is 0 Å². The van der Waals surface area contributed by atoms with Gasteiger partial charge in [0.05, 0.1) is 20.3 Å². The number of nitrogens with zero attached hydrogens (tertiary/aromatic N) is 1. The Labute approximate surface area is 155 Å². The highest BCUT2D eigenvalue weighted by Crippen LogP contribution is 2.16. The topological polar surface area (TPSA) is 64.1 Å². The third-order valence-electron chi connectivity index (χ3n) is 3.81. The van der Waals surface area contributed by atoms with Crippen molar-refractivity contribution in [2.75, 3.05) is 34.4 Å². The van der Waals surface area contributed by atoms with Gasteiger partial charge in [-0.05, 0) is 35.4 Å². The Morgan fingerprint density at radius 3 is 2.27 bits per heavy atom. The molecule has 2 rings (SSSR count). The molecular weight excluding hydrogens is 330 g/mol. The summed E-state index contributed by atoms with van der Waals surface area (Å²) in [5.41, 5.74) is 2.35. The second kappa shape index (κ2) is 11.0. The summed E-state index contributed by atoms with van der Waals surface area (Å²) in [6, 6.07) is 15.7. The summed E-state index contributed by atoms with van der Waals surface area (Å²) < 4.78 is 16.1.